The molecule has 40 heavy (non-hydrogen) atoms. The summed E-state index contributed by atoms with van der Waals surface area (Å²) >= 11 is 0. The highest BCUT2D eigenvalue weighted by atomic mass is 16.5. The van der Waals surface area contributed by atoms with E-state index in [4.69, 9.17) is 14.5 Å². The molecule has 0 aliphatic carbocycles. The minimum Gasteiger partial charge on any atom is -0.492 e. The number of piperidine rings is 1. The lowest BCUT2D eigenvalue weighted by molar-refractivity contribution is 0.0331. The van der Waals surface area contributed by atoms with Crippen molar-refractivity contribution < 1.29 is 9.47 Å². The number of nitrogens with zero attached hydrogens (tertiary/aromatic N) is 5. The molecule has 206 valence electrons. The van der Waals surface area contributed by atoms with Crippen molar-refractivity contribution in [2.45, 2.75) is 25.8 Å². The summed E-state index contributed by atoms with van der Waals surface area (Å²) in [6.07, 6.45) is 3.97. The van der Waals surface area contributed by atoms with Gasteiger partial charge in [0, 0.05) is 36.1 Å². The Kier molecular flexibility index (Phi) is 7.16. The summed E-state index contributed by atoms with van der Waals surface area (Å²) in [5.74, 6) is 2.49. The zero-order valence-corrected chi connectivity index (χ0v) is 22.7. The van der Waals surface area contributed by atoms with Gasteiger partial charge in [0.25, 0.3) is 0 Å². The molecule has 0 unspecified atom stereocenters. The lowest BCUT2D eigenvalue weighted by Gasteiger charge is -2.26. The van der Waals surface area contributed by atoms with Crippen molar-refractivity contribution >= 4 is 21.7 Å². The molecule has 4 heterocycles. The van der Waals surface area contributed by atoms with E-state index in [0.717, 1.165) is 96.1 Å². The van der Waals surface area contributed by atoms with E-state index in [9.17, 15) is 0 Å². The summed E-state index contributed by atoms with van der Waals surface area (Å²) in [4.78, 5) is 9.60. The van der Waals surface area contributed by atoms with Gasteiger partial charge in [-0.15, -0.1) is 0 Å². The molecular weight excluding hydrogens is 502 g/mol. The van der Waals surface area contributed by atoms with E-state index in [0.29, 0.717) is 5.82 Å². The highest BCUT2D eigenvalue weighted by Gasteiger charge is 2.16. The fourth-order valence-corrected chi connectivity index (χ4v) is 5.78. The van der Waals surface area contributed by atoms with Gasteiger partial charge in [0.2, 0.25) is 0 Å². The summed E-state index contributed by atoms with van der Waals surface area (Å²) in [7, 11) is 0. The molecule has 0 radical (unpaired) electrons. The van der Waals surface area contributed by atoms with Crippen LogP contribution in [0.15, 0.2) is 54.6 Å². The van der Waals surface area contributed by atoms with Gasteiger partial charge in [-0.1, -0.05) is 24.6 Å². The average Bonchev–Trinajstić information content (AvgIpc) is 3.65. The van der Waals surface area contributed by atoms with E-state index in [1.54, 1.807) is 0 Å². The molecular formula is C31H35N7O2. The molecule has 5 aromatic rings. The van der Waals surface area contributed by atoms with Gasteiger partial charge in [0.1, 0.15) is 18.2 Å². The normalized spacial score (nSPS) is 17.1. The Morgan fingerprint density at radius 1 is 0.775 bits per heavy atom. The second-order valence-electron chi connectivity index (χ2n) is 10.8. The van der Waals surface area contributed by atoms with Gasteiger partial charge in [-0.2, -0.15) is 10.2 Å². The smallest absolute Gasteiger partial charge is 0.181 e. The molecule has 0 bridgehead atoms. The predicted octanol–water partition coefficient (Wildman–Crippen LogP) is 4.87. The van der Waals surface area contributed by atoms with E-state index in [-0.39, 0.29) is 0 Å². The minimum absolute atomic E-state index is 0.698. The van der Waals surface area contributed by atoms with Gasteiger partial charge in [0.15, 0.2) is 5.82 Å². The van der Waals surface area contributed by atoms with E-state index < -0.39 is 0 Å². The SMILES string of the molecule is c1cc2cc(-c3n[nH]c4ccc(-c5n[nH]c(CN6CCOCC6)n5)cc34)ccc2cc1OCCN1CCCCC1. The van der Waals surface area contributed by atoms with Gasteiger partial charge < -0.3 is 9.47 Å². The molecule has 0 spiro atoms. The number of fused-ring (bicyclic) bond motifs is 2. The summed E-state index contributed by atoms with van der Waals surface area (Å²) in [5.41, 5.74) is 3.94. The molecule has 9 nitrogen and oxygen atoms in total. The van der Waals surface area contributed by atoms with Crippen LogP contribution in [0.4, 0.5) is 0 Å². The van der Waals surface area contributed by atoms with Crippen molar-refractivity contribution in [1.82, 2.24) is 35.2 Å². The number of benzene rings is 3. The Bertz CT molecular complexity index is 1600. The van der Waals surface area contributed by atoms with Crippen LogP contribution in [-0.2, 0) is 11.3 Å². The zero-order chi connectivity index (χ0) is 26.7. The van der Waals surface area contributed by atoms with Gasteiger partial charge >= 0.3 is 0 Å². The van der Waals surface area contributed by atoms with Crippen LogP contribution >= 0.6 is 0 Å². The molecule has 7 rings (SSSR count). The molecule has 9 heteroatoms. The molecule has 2 aliphatic heterocycles. The first-order valence-electron chi connectivity index (χ1n) is 14.4. The monoisotopic (exact) mass is 537 g/mol. The van der Waals surface area contributed by atoms with Crippen molar-refractivity contribution in [3.05, 3.63) is 60.4 Å². The molecule has 2 aromatic heterocycles. The van der Waals surface area contributed by atoms with E-state index in [1.165, 1.54) is 32.4 Å². The molecule has 2 aliphatic rings. The van der Waals surface area contributed by atoms with E-state index in [1.807, 2.05) is 12.1 Å². The van der Waals surface area contributed by atoms with Gasteiger partial charge in [-0.3, -0.25) is 20.0 Å². The quantitative estimate of drug-likeness (QED) is 0.292. The zero-order valence-electron chi connectivity index (χ0n) is 22.7. The Labute approximate surface area is 233 Å². The molecule has 0 saturated carbocycles. The fraction of sp³-hybridized carbons (Fsp3) is 0.387. The highest BCUT2D eigenvalue weighted by molar-refractivity contribution is 5.97. The van der Waals surface area contributed by atoms with Gasteiger partial charge in [-0.25, -0.2) is 4.98 Å². The van der Waals surface area contributed by atoms with Crippen LogP contribution in [-0.4, -0.2) is 87.7 Å². The molecule has 2 fully saturated rings. The predicted molar refractivity (Wildman–Crippen MR) is 156 cm³/mol. The lowest BCUT2D eigenvalue weighted by Crippen LogP contribution is -2.35. The standard InChI is InChI=1S/C31H35N7O2/c1-2-10-37(11-3-1)14-17-40-26-8-6-22-18-24(5-4-23(22)19-26)30-27-20-25(7-9-28(27)33-35-30)31-32-29(34-36-31)21-38-12-15-39-16-13-38/h4-9,18-20H,1-3,10-17,21H2,(H,33,35)(H,32,34,36). The number of rotatable bonds is 8. The fourth-order valence-electron chi connectivity index (χ4n) is 5.78. The molecule has 3 aromatic carbocycles. The summed E-state index contributed by atoms with van der Waals surface area (Å²) < 4.78 is 11.5. The number of likely N-dealkylation sites (tertiary alicyclic amines) is 1. The number of hydrogen-bond acceptors (Lipinski definition) is 7. The first-order chi connectivity index (χ1) is 19.8. The third-order valence-corrected chi connectivity index (χ3v) is 8.04. The van der Waals surface area contributed by atoms with Crippen LogP contribution < -0.4 is 4.74 Å². The second kappa shape index (κ2) is 11.4. The lowest BCUT2D eigenvalue weighted by atomic mass is 10.0. The molecule has 2 N–H and O–H groups in total. The molecule has 0 atom stereocenters. The Hall–Kier alpha value is -3.79. The number of H-pyrrole nitrogens is 2. The van der Waals surface area contributed by atoms with Crippen LogP contribution in [0.3, 0.4) is 0 Å². The number of morpholine rings is 1. The van der Waals surface area contributed by atoms with Gasteiger partial charge in [-0.05, 0) is 73.1 Å². The Morgan fingerprint density at radius 3 is 2.50 bits per heavy atom. The Balaban J connectivity index is 1.08. The van der Waals surface area contributed by atoms with Crippen LogP contribution in [0.25, 0.3) is 44.3 Å². The maximum Gasteiger partial charge on any atom is 0.181 e. The van der Waals surface area contributed by atoms with Crippen LogP contribution in [0, 0.1) is 0 Å². The topological polar surface area (TPSA) is 95.2 Å². The maximum absolute atomic E-state index is 6.09. The Morgan fingerprint density at radius 2 is 1.60 bits per heavy atom. The van der Waals surface area contributed by atoms with Crippen molar-refractivity contribution in [2.75, 3.05) is 52.5 Å². The third-order valence-electron chi connectivity index (χ3n) is 8.04. The molecule has 2 saturated heterocycles. The first kappa shape index (κ1) is 25.2. The van der Waals surface area contributed by atoms with E-state index in [2.05, 4.69) is 72.7 Å². The van der Waals surface area contributed by atoms with Crippen molar-refractivity contribution in [3.63, 3.8) is 0 Å². The number of ether oxygens (including phenoxy) is 2. The van der Waals surface area contributed by atoms with Crippen LogP contribution in [0.1, 0.15) is 25.1 Å². The van der Waals surface area contributed by atoms with Crippen molar-refractivity contribution in [3.8, 4) is 28.4 Å². The largest absolute Gasteiger partial charge is 0.492 e. The second-order valence-corrected chi connectivity index (χ2v) is 10.8. The first-order valence-corrected chi connectivity index (χ1v) is 14.4. The van der Waals surface area contributed by atoms with Crippen molar-refractivity contribution in [1.29, 1.82) is 0 Å². The number of nitrogens with one attached hydrogen (secondary N) is 2. The minimum atomic E-state index is 0.698. The average molecular weight is 538 g/mol. The van der Waals surface area contributed by atoms with Gasteiger partial charge in [0.05, 0.1) is 31.0 Å². The number of hydrogen-bond donors (Lipinski definition) is 2. The number of aromatic amines is 2. The molecule has 0 amide bonds. The summed E-state index contributed by atoms with van der Waals surface area (Å²) in [5, 5.41) is 18.9. The van der Waals surface area contributed by atoms with E-state index >= 15 is 0 Å². The summed E-state index contributed by atoms with van der Waals surface area (Å²) in [6, 6.07) is 19.0. The highest BCUT2D eigenvalue weighted by Crippen LogP contribution is 2.32. The summed E-state index contributed by atoms with van der Waals surface area (Å²) in [6.45, 7) is 8.23. The van der Waals surface area contributed by atoms with Crippen LogP contribution in [0.5, 0.6) is 5.75 Å². The van der Waals surface area contributed by atoms with Crippen LogP contribution in [0.2, 0.25) is 0 Å². The third kappa shape index (κ3) is 5.45. The maximum atomic E-state index is 6.09. The number of aromatic nitrogens is 5. The van der Waals surface area contributed by atoms with Crippen molar-refractivity contribution in [2.24, 2.45) is 0 Å².